The summed E-state index contributed by atoms with van der Waals surface area (Å²) in [5, 5.41) is 1.22. The van der Waals surface area contributed by atoms with E-state index in [1.165, 1.54) is 10.9 Å². The summed E-state index contributed by atoms with van der Waals surface area (Å²) >= 11 is 1.55. The van der Waals surface area contributed by atoms with Gasteiger partial charge in [-0.1, -0.05) is 30.3 Å². The molecule has 1 atom stereocenters. The number of aromatic amines is 1. The molecule has 0 spiro atoms. The minimum Gasteiger partial charge on any atom is -0.493 e. The number of carbonyl (C=O) groups is 1. The summed E-state index contributed by atoms with van der Waals surface area (Å²) in [5.74, 6) is 1.92. The summed E-state index contributed by atoms with van der Waals surface area (Å²) in [4.78, 5) is 18.5. The van der Waals surface area contributed by atoms with Gasteiger partial charge in [0.25, 0.3) is 0 Å². The fourth-order valence-electron chi connectivity index (χ4n) is 4.17. The molecule has 2 heterocycles. The van der Waals surface area contributed by atoms with Gasteiger partial charge in [0.1, 0.15) is 6.04 Å². The molecule has 0 radical (unpaired) electrons. The summed E-state index contributed by atoms with van der Waals surface area (Å²) in [7, 11) is 3.28. The molecule has 4 rings (SSSR count). The lowest BCUT2D eigenvalue weighted by atomic mass is 9.91. The second-order valence-electron chi connectivity index (χ2n) is 6.82. The summed E-state index contributed by atoms with van der Waals surface area (Å²) in [5.41, 5.74) is 4.37. The van der Waals surface area contributed by atoms with E-state index in [0.717, 1.165) is 23.2 Å². The quantitative estimate of drug-likeness (QED) is 0.708. The highest BCUT2D eigenvalue weighted by Crippen LogP contribution is 2.44. The SMILES string of the molecule is COc1cccc(C2c3[nH]c4ccccc4c3CCN2C(=O)CSC)c1OC. The topological polar surface area (TPSA) is 54.6 Å². The summed E-state index contributed by atoms with van der Waals surface area (Å²) in [6.07, 6.45) is 2.79. The van der Waals surface area contributed by atoms with Crippen LogP contribution in [0.4, 0.5) is 0 Å². The van der Waals surface area contributed by atoms with Gasteiger partial charge in [0, 0.05) is 28.7 Å². The van der Waals surface area contributed by atoms with Crippen LogP contribution in [-0.2, 0) is 11.2 Å². The van der Waals surface area contributed by atoms with Crippen molar-refractivity contribution in [2.24, 2.45) is 0 Å². The van der Waals surface area contributed by atoms with E-state index < -0.39 is 0 Å². The molecule has 0 saturated carbocycles. The standard InChI is InChI=1S/C22H24N2O3S/c1-26-18-10-6-8-16(22(18)27-2)21-20-15(11-12-24(21)19(25)13-28-3)14-7-4-5-9-17(14)23-20/h4-10,21,23H,11-13H2,1-3H3. The molecule has 28 heavy (non-hydrogen) atoms. The van der Waals surface area contributed by atoms with E-state index >= 15 is 0 Å². The number of hydrogen-bond acceptors (Lipinski definition) is 4. The number of aromatic nitrogens is 1. The average molecular weight is 397 g/mol. The van der Waals surface area contributed by atoms with Crippen LogP contribution in [0, 0.1) is 0 Å². The maximum absolute atomic E-state index is 13.0. The van der Waals surface area contributed by atoms with E-state index in [4.69, 9.17) is 9.47 Å². The third-order valence-corrected chi connectivity index (χ3v) is 5.89. The number of hydrogen-bond donors (Lipinski definition) is 1. The van der Waals surface area contributed by atoms with Crippen molar-refractivity contribution in [3.8, 4) is 11.5 Å². The maximum Gasteiger partial charge on any atom is 0.233 e. The molecule has 5 nitrogen and oxygen atoms in total. The van der Waals surface area contributed by atoms with Crippen molar-refractivity contribution in [2.45, 2.75) is 12.5 Å². The Kier molecular flexibility index (Phi) is 5.22. The van der Waals surface area contributed by atoms with Crippen molar-refractivity contribution in [1.82, 2.24) is 9.88 Å². The fourth-order valence-corrected chi connectivity index (χ4v) is 4.58. The van der Waals surface area contributed by atoms with Crippen LogP contribution in [0.15, 0.2) is 42.5 Å². The highest BCUT2D eigenvalue weighted by molar-refractivity contribution is 7.99. The first-order valence-electron chi connectivity index (χ1n) is 9.28. The molecule has 0 fully saturated rings. The number of carbonyl (C=O) groups excluding carboxylic acids is 1. The minimum absolute atomic E-state index is 0.131. The van der Waals surface area contributed by atoms with E-state index in [1.807, 2.05) is 35.4 Å². The molecule has 6 heteroatoms. The Balaban J connectivity index is 1.94. The van der Waals surface area contributed by atoms with Crippen molar-refractivity contribution in [2.75, 3.05) is 32.8 Å². The lowest BCUT2D eigenvalue weighted by Gasteiger charge is -2.37. The molecule has 3 aromatic rings. The van der Waals surface area contributed by atoms with E-state index in [1.54, 1.807) is 26.0 Å². The number of methoxy groups -OCH3 is 2. The van der Waals surface area contributed by atoms with Gasteiger partial charge in [-0.3, -0.25) is 4.79 Å². The van der Waals surface area contributed by atoms with Gasteiger partial charge in [-0.15, -0.1) is 0 Å². The van der Waals surface area contributed by atoms with Crippen LogP contribution < -0.4 is 9.47 Å². The van der Waals surface area contributed by atoms with Gasteiger partial charge < -0.3 is 19.4 Å². The molecule has 0 aliphatic carbocycles. The van der Waals surface area contributed by atoms with E-state index in [2.05, 4.69) is 23.2 Å². The van der Waals surface area contributed by atoms with Crippen molar-refractivity contribution >= 4 is 28.6 Å². The van der Waals surface area contributed by atoms with Gasteiger partial charge in [-0.25, -0.2) is 0 Å². The Morgan fingerprint density at radius 3 is 2.75 bits per heavy atom. The molecular formula is C22H24N2O3S. The van der Waals surface area contributed by atoms with Crippen LogP contribution in [0.5, 0.6) is 11.5 Å². The smallest absolute Gasteiger partial charge is 0.233 e. The number of nitrogens with zero attached hydrogens (tertiary/aromatic N) is 1. The molecule has 1 unspecified atom stereocenters. The largest absolute Gasteiger partial charge is 0.493 e. The molecule has 146 valence electrons. The molecule has 1 N–H and O–H groups in total. The van der Waals surface area contributed by atoms with E-state index in [0.29, 0.717) is 23.8 Å². The minimum atomic E-state index is -0.235. The van der Waals surface area contributed by atoms with E-state index in [-0.39, 0.29) is 11.9 Å². The number of rotatable bonds is 5. The first-order chi connectivity index (χ1) is 13.7. The first-order valence-corrected chi connectivity index (χ1v) is 10.7. The fraction of sp³-hybridized carbons (Fsp3) is 0.318. The van der Waals surface area contributed by atoms with Gasteiger partial charge in [0.05, 0.1) is 20.0 Å². The van der Waals surface area contributed by atoms with Gasteiger partial charge >= 0.3 is 0 Å². The van der Waals surface area contributed by atoms with Gasteiger partial charge in [-0.2, -0.15) is 11.8 Å². The van der Waals surface area contributed by atoms with Crippen LogP contribution in [0.2, 0.25) is 0 Å². The first kappa shape index (κ1) is 18.7. The number of thioether (sulfide) groups is 1. The van der Waals surface area contributed by atoms with Crippen LogP contribution in [0.1, 0.15) is 22.9 Å². The second-order valence-corrected chi connectivity index (χ2v) is 7.68. The lowest BCUT2D eigenvalue weighted by Crippen LogP contribution is -2.41. The second kappa shape index (κ2) is 7.80. The molecule has 0 bridgehead atoms. The highest BCUT2D eigenvalue weighted by atomic mass is 32.2. The summed E-state index contributed by atoms with van der Waals surface area (Å²) < 4.78 is 11.2. The normalized spacial score (nSPS) is 16.1. The lowest BCUT2D eigenvalue weighted by molar-refractivity contribution is -0.130. The number of benzene rings is 2. The Hall–Kier alpha value is -2.60. The Bertz CT molecular complexity index is 1010. The van der Waals surface area contributed by atoms with Crippen molar-refractivity contribution in [3.05, 3.63) is 59.3 Å². The predicted molar refractivity (Wildman–Crippen MR) is 113 cm³/mol. The Morgan fingerprint density at radius 2 is 2.00 bits per heavy atom. The van der Waals surface area contributed by atoms with Gasteiger partial charge in [0.15, 0.2) is 11.5 Å². The Labute approximate surface area is 169 Å². The van der Waals surface area contributed by atoms with Crippen molar-refractivity contribution < 1.29 is 14.3 Å². The molecule has 1 amide bonds. The zero-order valence-electron chi connectivity index (χ0n) is 16.3. The summed E-state index contributed by atoms with van der Waals surface area (Å²) in [6, 6.07) is 13.9. The molecule has 0 saturated heterocycles. The Morgan fingerprint density at radius 1 is 1.18 bits per heavy atom. The molecule has 2 aromatic carbocycles. The number of amides is 1. The number of ether oxygens (including phenoxy) is 2. The summed E-state index contributed by atoms with van der Waals surface area (Å²) in [6.45, 7) is 0.680. The maximum atomic E-state index is 13.0. The predicted octanol–water partition coefficient (Wildman–Crippen LogP) is 4.02. The zero-order chi connectivity index (χ0) is 19.7. The average Bonchev–Trinajstić information content (AvgIpc) is 3.11. The number of para-hydroxylation sites is 2. The zero-order valence-corrected chi connectivity index (χ0v) is 17.1. The van der Waals surface area contributed by atoms with Crippen molar-refractivity contribution in [1.29, 1.82) is 0 Å². The van der Waals surface area contributed by atoms with Crippen LogP contribution in [0.3, 0.4) is 0 Å². The third-order valence-electron chi connectivity index (χ3n) is 5.35. The molecular weight excluding hydrogens is 372 g/mol. The van der Waals surface area contributed by atoms with Crippen LogP contribution in [-0.4, -0.2) is 48.6 Å². The number of fused-ring (bicyclic) bond motifs is 3. The van der Waals surface area contributed by atoms with Crippen LogP contribution >= 0.6 is 11.8 Å². The molecule has 1 aliphatic heterocycles. The third kappa shape index (κ3) is 3.02. The van der Waals surface area contributed by atoms with E-state index in [9.17, 15) is 4.79 Å². The van der Waals surface area contributed by atoms with Crippen molar-refractivity contribution in [3.63, 3.8) is 0 Å². The number of nitrogens with one attached hydrogen (secondary N) is 1. The highest BCUT2D eigenvalue weighted by Gasteiger charge is 2.36. The molecule has 1 aliphatic rings. The molecule has 1 aromatic heterocycles. The number of H-pyrrole nitrogens is 1. The van der Waals surface area contributed by atoms with Gasteiger partial charge in [0.2, 0.25) is 5.91 Å². The monoisotopic (exact) mass is 396 g/mol. The van der Waals surface area contributed by atoms with Gasteiger partial charge in [-0.05, 0) is 30.4 Å². The van der Waals surface area contributed by atoms with Crippen LogP contribution in [0.25, 0.3) is 10.9 Å².